The van der Waals surface area contributed by atoms with Gasteiger partial charge in [-0.05, 0) is 48.7 Å². The number of fused-ring (bicyclic) bond motifs is 1. The zero-order chi connectivity index (χ0) is 17.9. The van der Waals surface area contributed by atoms with Gasteiger partial charge in [-0.3, -0.25) is 4.90 Å². The van der Waals surface area contributed by atoms with E-state index in [0.717, 1.165) is 25.4 Å². The molecule has 0 aliphatic carbocycles. The molecular formula is C23H26N2O. The van der Waals surface area contributed by atoms with Crippen molar-refractivity contribution < 1.29 is 4.74 Å². The lowest BCUT2D eigenvalue weighted by Gasteiger charge is -2.31. The van der Waals surface area contributed by atoms with Crippen LogP contribution in [0, 0.1) is 6.92 Å². The third-order valence-corrected chi connectivity index (χ3v) is 5.29. The molecule has 3 aromatic rings. The van der Waals surface area contributed by atoms with Crippen LogP contribution in [0.2, 0.25) is 0 Å². The number of methoxy groups -OCH3 is 1. The molecule has 26 heavy (non-hydrogen) atoms. The zero-order valence-electron chi connectivity index (χ0n) is 15.6. The highest BCUT2D eigenvalue weighted by Gasteiger charge is 2.27. The number of nitrogens with zero attached hydrogens (tertiary/aromatic N) is 2. The topological polar surface area (TPSA) is 17.4 Å². The van der Waals surface area contributed by atoms with Crippen LogP contribution in [-0.4, -0.2) is 23.1 Å². The van der Waals surface area contributed by atoms with Crippen LogP contribution in [0.4, 0.5) is 0 Å². The van der Waals surface area contributed by atoms with Crippen molar-refractivity contribution in [3.63, 3.8) is 0 Å². The van der Waals surface area contributed by atoms with E-state index in [1.165, 1.54) is 28.8 Å². The van der Waals surface area contributed by atoms with Crippen molar-refractivity contribution in [2.45, 2.75) is 32.5 Å². The monoisotopic (exact) mass is 346 g/mol. The summed E-state index contributed by atoms with van der Waals surface area (Å²) in [4.78, 5) is 2.60. The van der Waals surface area contributed by atoms with Crippen LogP contribution in [0.15, 0.2) is 66.9 Å². The molecule has 0 unspecified atom stereocenters. The quantitative estimate of drug-likeness (QED) is 0.675. The summed E-state index contributed by atoms with van der Waals surface area (Å²) in [7, 11) is 1.71. The van der Waals surface area contributed by atoms with Crippen LogP contribution in [0.25, 0.3) is 0 Å². The van der Waals surface area contributed by atoms with Gasteiger partial charge in [0.15, 0.2) is 0 Å². The predicted octanol–water partition coefficient (Wildman–Crippen LogP) is 4.80. The number of hydrogen-bond acceptors (Lipinski definition) is 2. The lowest BCUT2D eigenvalue weighted by molar-refractivity contribution is 0.220. The van der Waals surface area contributed by atoms with Gasteiger partial charge in [0.1, 0.15) is 5.75 Å². The fraction of sp³-hybridized carbons (Fsp3) is 0.304. The third kappa shape index (κ3) is 3.40. The molecule has 0 saturated heterocycles. The summed E-state index contributed by atoms with van der Waals surface area (Å²) >= 11 is 0. The minimum atomic E-state index is 0.287. The van der Waals surface area contributed by atoms with Gasteiger partial charge in [-0.1, -0.05) is 42.0 Å². The molecular weight excluding hydrogens is 320 g/mol. The summed E-state index contributed by atoms with van der Waals surface area (Å²) in [5.41, 5.74) is 5.38. The molecule has 4 rings (SSSR count). The Morgan fingerprint density at radius 2 is 1.73 bits per heavy atom. The molecule has 0 radical (unpaired) electrons. The summed E-state index contributed by atoms with van der Waals surface area (Å²) in [6.07, 6.45) is 3.38. The van der Waals surface area contributed by atoms with Crippen molar-refractivity contribution in [1.82, 2.24) is 9.47 Å². The Kier molecular flexibility index (Phi) is 4.81. The molecule has 1 aliphatic heterocycles. The first-order valence-electron chi connectivity index (χ1n) is 9.33. The summed E-state index contributed by atoms with van der Waals surface area (Å²) < 4.78 is 7.72. The molecule has 1 aromatic heterocycles. The maximum atomic E-state index is 5.30. The molecule has 2 heterocycles. The second-order valence-electron chi connectivity index (χ2n) is 7.11. The fourth-order valence-corrected chi connectivity index (χ4v) is 3.91. The minimum absolute atomic E-state index is 0.287. The molecule has 3 nitrogen and oxygen atoms in total. The van der Waals surface area contributed by atoms with Crippen LogP contribution < -0.4 is 4.74 Å². The Morgan fingerprint density at radius 1 is 0.962 bits per heavy atom. The summed E-state index contributed by atoms with van der Waals surface area (Å²) in [6.45, 7) is 5.26. The van der Waals surface area contributed by atoms with Crippen molar-refractivity contribution in [2.75, 3.05) is 13.7 Å². The zero-order valence-corrected chi connectivity index (χ0v) is 15.6. The van der Waals surface area contributed by atoms with E-state index in [0.29, 0.717) is 0 Å². The Morgan fingerprint density at radius 3 is 2.46 bits per heavy atom. The van der Waals surface area contributed by atoms with Gasteiger partial charge >= 0.3 is 0 Å². The smallest absolute Gasteiger partial charge is 0.118 e. The summed E-state index contributed by atoms with van der Waals surface area (Å²) in [6, 6.07) is 22.2. The van der Waals surface area contributed by atoms with Crippen LogP contribution in [0.1, 0.15) is 34.8 Å². The Bertz CT molecular complexity index is 849. The number of ether oxygens (including phenoxy) is 1. The van der Waals surface area contributed by atoms with E-state index >= 15 is 0 Å². The normalized spacial score (nSPS) is 17.5. The van der Waals surface area contributed by atoms with Gasteiger partial charge in [0.2, 0.25) is 0 Å². The molecule has 3 heteroatoms. The van der Waals surface area contributed by atoms with E-state index in [1.54, 1.807) is 7.11 Å². The molecule has 0 bridgehead atoms. The highest BCUT2D eigenvalue weighted by Crippen LogP contribution is 2.33. The van der Waals surface area contributed by atoms with E-state index in [4.69, 9.17) is 4.74 Å². The average Bonchev–Trinajstić information content (AvgIpc) is 3.05. The van der Waals surface area contributed by atoms with Gasteiger partial charge in [-0.2, -0.15) is 0 Å². The lowest BCUT2D eigenvalue weighted by Crippen LogP contribution is -2.29. The van der Waals surface area contributed by atoms with Gasteiger partial charge < -0.3 is 9.30 Å². The van der Waals surface area contributed by atoms with E-state index in [1.807, 2.05) is 0 Å². The highest BCUT2D eigenvalue weighted by molar-refractivity contribution is 5.33. The van der Waals surface area contributed by atoms with E-state index in [9.17, 15) is 0 Å². The number of aryl methyl sites for hydroxylation is 2. The van der Waals surface area contributed by atoms with E-state index in [-0.39, 0.29) is 6.04 Å². The molecule has 0 saturated carbocycles. The standard InChI is InChI=1S/C23H26N2O/c1-18-6-10-20(11-7-18)23-22-5-3-14-24(22)15-4-16-25(23)17-19-8-12-21(26-2)13-9-19/h3,5-14,23H,4,15-17H2,1-2H3/t23-/m1/s1. The molecule has 2 aromatic carbocycles. The number of rotatable bonds is 4. The van der Waals surface area contributed by atoms with Crippen LogP contribution in [0.3, 0.4) is 0 Å². The lowest BCUT2D eigenvalue weighted by atomic mass is 10.00. The van der Waals surface area contributed by atoms with Gasteiger partial charge in [0, 0.05) is 31.5 Å². The molecule has 0 N–H and O–H groups in total. The van der Waals surface area contributed by atoms with Gasteiger partial charge in [0.25, 0.3) is 0 Å². The van der Waals surface area contributed by atoms with Gasteiger partial charge in [-0.25, -0.2) is 0 Å². The SMILES string of the molecule is COc1ccc(CN2CCCn3cccc3[C@H]2c2ccc(C)cc2)cc1. The second-order valence-corrected chi connectivity index (χ2v) is 7.11. The molecule has 1 aliphatic rings. The first-order chi connectivity index (χ1) is 12.7. The molecule has 0 spiro atoms. The maximum Gasteiger partial charge on any atom is 0.118 e. The first kappa shape index (κ1) is 16.9. The summed E-state index contributed by atoms with van der Waals surface area (Å²) in [5, 5.41) is 0. The Labute approximate surface area is 155 Å². The minimum Gasteiger partial charge on any atom is -0.497 e. The second kappa shape index (κ2) is 7.38. The van der Waals surface area contributed by atoms with Crippen LogP contribution in [-0.2, 0) is 13.1 Å². The predicted molar refractivity (Wildman–Crippen MR) is 105 cm³/mol. The Balaban J connectivity index is 1.69. The fourth-order valence-electron chi connectivity index (χ4n) is 3.91. The number of hydrogen-bond donors (Lipinski definition) is 0. The Hall–Kier alpha value is -2.52. The highest BCUT2D eigenvalue weighted by atomic mass is 16.5. The average molecular weight is 346 g/mol. The molecule has 134 valence electrons. The van der Waals surface area contributed by atoms with E-state index < -0.39 is 0 Å². The maximum absolute atomic E-state index is 5.30. The molecule has 1 atom stereocenters. The van der Waals surface area contributed by atoms with Gasteiger partial charge in [0.05, 0.1) is 13.2 Å². The van der Waals surface area contributed by atoms with Crippen molar-refractivity contribution in [3.05, 3.63) is 89.2 Å². The summed E-state index contributed by atoms with van der Waals surface area (Å²) in [5.74, 6) is 0.911. The number of benzene rings is 2. The van der Waals surface area contributed by atoms with Crippen LogP contribution >= 0.6 is 0 Å². The number of aromatic nitrogens is 1. The van der Waals surface area contributed by atoms with E-state index in [2.05, 4.69) is 83.3 Å². The van der Waals surface area contributed by atoms with Crippen molar-refractivity contribution >= 4 is 0 Å². The van der Waals surface area contributed by atoms with Crippen molar-refractivity contribution in [2.24, 2.45) is 0 Å². The van der Waals surface area contributed by atoms with Gasteiger partial charge in [-0.15, -0.1) is 0 Å². The molecule has 0 amide bonds. The first-order valence-corrected chi connectivity index (χ1v) is 9.33. The van der Waals surface area contributed by atoms with Crippen molar-refractivity contribution in [3.8, 4) is 5.75 Å². The largest absolute Gasteiger partial charge is 0.497 e. The van der Waals surface area contributed by atoms with Crippen molar-refractivity contribution in [1.29, 1.82) is 0 Å². The third-order valence-electron chi connectivity index (χ3n) is 5.29. The molecule has 0 fully saturated rings. The van der Waals surface area contributed by atoms with Crippen LogP contribution in [0.5, 0.6) is 5.75 Å².